The van der Waals surface area contributed by atoms with Crippen molar-refractivity contribution in [2.24, 2.45) is 5.92 Å². The molecule has 2 saturated heterocycles. The van der Waals surface area contributed by atoms with E-state index in [1.807, 2.05) is 4.90 Å². The van der Waals surface area contributed by atoms with Crippen LogP contribution in [0.5, 0.6) is 0 Å². The average molecular weight is 508 g/mol. The largest absolute Gasteiger partial charge is 0.416 e. The van der Waals surface area contributed by atoms with Crippen LogP contribution in [0.1, 0.15) is 66.9 Å². The summed E-state index contributed by atoms with van der Waals surface area (Å²) in [5.41, 5.74) is -3.72. The number of halogens is 6. The van der Waals surface area contributed by atoms with Crippen molar-refractivity contribution in [1.82, 2.24) is 15.1 Å². The predicted molar refractivity (Wildman–Crippen MR) is 118 cm³/mol. The van der Waals surface area contributed by atoms with Crippen LogP contribution in [0.15, 0.2) is 18.2 Å². The Morgan fingerprint density at radius 3 is 2.06 bits per heavy atom. The van der Waals surface area contributed by atoms with Gasteiger partial charge in [-0.2, -0.15) is 26.3 Å². The molecule has 2 heterocycles. The monoisotopic (exact) mass is 507 g/mol. The zero-order valence-electron chi connectivity index (χ0n) is 19.6. The quantitative estimate of drug-likeness (QED) is 0.554. The second kappa shape index (κ2) is 11.2. The molecule has 1 aromatic rings. The number of amides is 2. The molecule has 1 atom stereocenters. The highest BCUT2D eigenvalue weighted by Crippen LogP contribution is 2.36. The second-order valence-electron chi connectivity index (χ2n) is 9.37. The summed E-state index contributed by atoms with van der Waals surface area (Å²) in [4.78, 5) is 29.2. The fourth-order valence-corrected chi connectivity index (χ4v) is 4.81. The van der Waals surface area contributed by atoms with Gasteiger partial charge in [-0.15, -0.1) is 0 Å². The minimum atomic E-state index is -5.01. The van der Waals surface area contributed by atoms with E-state index in [9.17, 15) is 35.9 Å². The molecule has 2 fully saturated rings. The van der Waals surface area contributed by atoms with Gasteiger partial charge in [0.15, 0.2) is 0 Å². The summed E-state index contributed by atoms with van der Waals surface area (Å²) in [5, 5.41) is 2.48. The maximum Gasteiger partial charge on any atom is 0.416 e. The Morgan fingerprint density at radius 1 is 0.914 bits per heavy atom. The number of alkyl halides is 6. The molecule has 0 aromatic heterocycles. The van der Waals surface area contributed by atoms with E-state index in [4.69, 9.17) is 0 Å². The van der Waals surface area contributed by atoms with E-state index >= 15 is 0 Å². The number of hydrogen-bond donors (Lipinski definition) is 1. The van der Waals surface area contributed by atoms with Gasteiger partial charge in [0.2, 0.25) is 5.91 Å². The Hall–Kier alpha value is -2.30. The van der Waals surface area contributed by atoms with Crippen LogP contribution in [0, 0.1) is 5.92 Å². The summed E-state index contributed by atoms with van der Waals surface area (Å²) in [6.45, 7) is 4.62. The van der Waals surface area contributed by atoms with E-state index in [1.54, 1.807) is 0 Å². The van der Waals surface area contributed by atoms with Crippen LogP contribution < -0.4 is 5.32 Å². The van der Waals surface area contributed by atoms with E-state index in [1.165, 1.54) is 0 Å². The topological polar surface area (TPSA) is 52.7 Å². The first-order valence-corrected chi connectivity index (χ1v) is 12.0. The van der Waals surface area contributed by atoms with Crippen LogP contribution in [-0.2, 0) is 17.1 Å². The number of nitrogens with zero attached hydrogens (tertiary/aromatic N) is 2. The highest BCUT2D eigenvalue weighted by atomic mass is 19.4. The van der Waals surface area contributed by atoms with Gasteiger partial charge < -0.3 is 10.2 Å². The van der Waals surface area contributed by atoms with Gasteiger partial charge in [-0.25, -0.2) is 0 Å². The standard InChI is InChI=1S/C24H31F6N3O2/c1-2-20-5-3-4-8-33(20)21(34)15-32-9-6-16(7-10-32)14-31-22(35)17-11-18(23(25,26)27)13-19(12-17)24(28,29)30/h11-13,16,20H,2-10,14-15H2,1H3,(H,31,35). The molecule has 0 saturated carbocycles. The highest BCUT2D eigenvalue weighted by molar-refractivity contribution is 5.94. The summed E-state index contributed by atoms with van der Waals surface area (Å²) in [6, 6.07) is 1.16. The number of nitrogens with one attached hydrogen (secondary N) is 1. The molecule has 3 rings (SSSR count). The normalized spacial score (nSPS) is 20.7. The molecule has 1 aromatic carbocycles. The number of benzene rings is 1. The molecule has 2 amide bonds. The first kappa shape index (κ1) is 27.3. The molecule has 2 aliphatic heterocycles. The molecule has 1 unspecified atom stereocenters. The molecule has 35 heavy (non-hydrogen) atoms. The van der Waals surface area contributed by atoms with Crippen molar-refractivity contribution in [3.8, 4) is 0 Å². The van der Waals surface area contributed by atoms with Crippen molar-refractivity contribution in [1.29, 1.82) is 0 Å². The number of carbonyl (C=O) groups is 2. The first-order valence-electron chi connectivity index (χ1n) is 12.0. The van der Waals surface area contributed by atoms with Crippen LogP contribution in [-0.4, -0.2) is 60.4 Å². The van der Waals surface area contributed by atoms with Gasteiger partial charge in [0.1, 0.15) is 0 Å². The van der Waals surface area contributed by atoms with Gasteiger partial charge in [-0.05, 0) is 75.7 Å². The number of carbonyl (C=O) groups excluding carboxylic acids is 2. The predicted octanol–water partition coefficient (Wildman–Crippen LogP) is 4.96. The molecule has 0 radical (unpaired) electrons. The summed E-state index contributed by atoms with van der Waals surface area (Å²) in [7, 11) is 0. The van der Waals surface area contributed by atoms with Crippen molar-refractivity contribution in [2.75, 3.05) is 32.7 Å². The number of rotatable bonds is 6. The lowest BCUT2D eigenvalue weighted by Crippen LogP contribution is -2.49. The smallest absolute Gasteiger partial charge is 0.352 e. The Balaban J connectivity index is 1.52. The summed E-state index contributed by atoms with van der Waals surface area (Å²) in [5.74, 6) is -0.834. The van der Waals surface area contributed by atoms with Crippen molar-refractivity contribution < 1.29 is 35.9 Å². The Morgan fingerprint density at radius 2 is 1.51 bits per heavy atom. The summed E-state index contributed by atoms with van der Waals surface area (Å²) < 4.78 is 78.2. The zero-order valence-corrected chi connectivity index (χ0v) is 19.6. The van der Waals surface area contributed by atoms with Crippen LogP contribution in [0.2, 0.25) is 0 Å². The third kappa shape index (κ3) is 7.35. The molecule has 11 heteroatoms. The molecular weight excluding hydrogens is 476 g/mol. The van der Waals surface area contributed by atoms with Crippen LogP contribution in [0.3, 0.4) is 0 Å². The van der Waals surface area contributed by atoms with E-state index in [0.29, 0.717) is 44.6 Å². The van der Waals surface area contributed by atoms with Crippen LogP contribution in [0.4, 0.5) is 26.3 Å². The average Bonchev–Trinajstić information content (AvgIpc) is 2.82. The maximum absolute atomic E-state index is 13.0. The van der Waals surface area contributed by atoms with Gasteiger partial charge in [0.25, 0.3) is 5.91 Å². The van der Waals surface area contributed by atoms with Crippen molar-refractivity contribution in [3.63, 3.8) is 0 Å². The van der Waals surface area contributed by atoms with E-state index in [2.05, 4.69) is 17.1 Å². The lowest BCUT2D eigenvalue weighted by atomic mass is 9.96. The lowest BCUT2D eigenvalue weighted by Gasteiger charge is -2.38. The van der Waals surface area contributed by atoms with Gasteiger partial charge in [0, 0.05) is 24.7 Å². The van der Waals surface area contributed by atoms with Crippen LogP contribution in [0.25, 0.3) is 0 Å². The Bertz CT molecular complexity index is 862. The SMILES string of the molecule is CCC1CCCCN1C(=O)CN1CCC(CNC(=O)c2cc(C(F)(F)F)cc(C(F)(F)F)c2)CC1. The number of piperidine rings is 2. The van der Waals surface area contributed by atoms with Gasteiger partial charge in [-0.1, -0.05) is 6.92 Å². The third-order valence-corrected chi connectivity index (χ3v) is 6.89. The molecule has 1 N–H and O–H groups in total. The zero-order chi connectivity index (χ0) is 25.8. The first-order chi connectivity index (χ1) is 16.4. The van der Waals surface area contributed by atoms with E-state index < -0.39 is 35.0 Å². The highest BCUT2D eigenvalue weighted by Gasteiger charge is 2.37. The minimum Gasteiger partial charge on any atom is -0.352 e. The van der Waals surface area contributed by atoms with Crippen LogP contribution >= 0.6 is 0 Å². The lowest BCUT2D eigenvalue weighted by molar-refractivity contribution is -0.143. The van der Waals surface area contributed by atoms with Crippen molar-refractivity contribution in [3.05, 3.63) is 34.9 Å². The Labute approximate surface area is 200 Å². The van der Waals surface area contributed by atoms with Gasteiger partial charge >= 0.3 is 12.4 Å². The van der Waals surface area contributed by atoms with E-state index in [-0.39, 0.29) is 30.5 Å². The minimum absolute atomic E-state index is 0.000398. The Kier molecular flexibility index (Phi) is 8.72. The molecule has 0 aliphatic carbocycles. The fraction of sp³-hybridized carbons (Fsp3) is 0.667. The third-order valence-electron chi connectivity index (χ3n) is 6.89. The molecule has 2 aliphatic rings. The fourth-order valence-electron chi connectivity index (χ4n) is 4.81. The maximum atomic E-state index is 13.0. The number of likely N-dealkylation sites (tertiary alicyclic amines) is 2. The van der Waals surface area contributed by atoms with Gasteiger partial charge in [-0.3, -0.25) is 14.5 Å². The molecule has 196 valence electrons. The van der Waals surface area contributed by atoms with Crippen molar-refractivity contribution >= 4 is 11.8 Å². The van der Waals surface area contributed by atoms with E-state index in [0.717, 1.165) is 32.2 Å². The summed E-state index contributed by atoms with van der Waals surface area (Å²) >= 11 is 0. The molecular formula is C24H31F6N3O2. The molecule has 0 spiro atoms. The second-order valence-corrected chi connectivity index (χ2v) is 9.37. The number of hydrogen-bond acceptors (Lipinski definition) is 3. The van der Waals surface area contributed by atoms with Crippen molar-refractivity contribution in [2.45, 2.75) is 63.8 Å². The molecule has 0 bridgehead atoms. The molecule has 5 nitrogen and oxygen atoms in total. The van der Waals surface area contributed by atoms with Gasteiger partial charge in [0.05, 0.1) is 17.7 Å². The summed E-state index contributed by atoms with van der Waals surface area (Å²) in [6.07, 6.45) is -4.57.